The lowest BCUT2D eigenvalue weighted by Gasteiger charge is -2.39. The number of rotatable bonds is 3. The summed E-state index contributed by atoms with van der Waals surface area (Å²) in [7, 11) is -3.71. The molecule has 0 radical (unpaired) electrons. The number of sulfone groups is 1. The van der Waals surface area contributed by atoms with Crippen LogP contribution in [0.4, 0.5) is 0 Å². The van der Waals surface area contributed by atoms with E-state index in [0.29, 0.717) is 12.8 Å². The van der Waals surface area contributed by atoms with Crippen LogP contribution in [-0.2, 0) is 9.84 Å². The van der Waals surface area contributed by atoms with Crippen molar-refractivity contribution in [3.05, 3.63) is 29.8 Å². The lowest BCUT2D eigenvalue weighted by molar-refractivity contribution is -0.138. The molecule has 1 fully saturated rings. The molecule has 1 aliphatic rings. The molecule has 1 aliphatic carbocycles. The summed E-state index contributed by atoms with van der Waals surface area (Å²) in [5.74, 6) is -0.582. The zero-order valence-electron chi connectivity index (χ0n) is 11.4. The average molecular weight is 300 g/mol. The van der Waals surface area contributed by atoms with Gasteiger partial charge in [-0.25, -0.2) is 8.42 Å². The van der Waals surface area contributed by atoms with E-state index in [2.05, 4.69) is 0 Å². The molecule has 3 atom stereocenters. The second-order valence-corrected chi connectivity index (χ2v) is 7.57. The van der Waals surface area contributed by atoms with Crippen LogP contribution >= 0.6 is 0 Å². The van der Waals surface area contributed by atoms with Crippen molar-refractivity contribution in [2.75, 3.05) is 5.75 Å². The van der Waals surface area contributed by atoms with Crippen LogP contribution in [0, 0.1) is 6.92 Å². The highest BCUT2D eigenvalue weighted by molar-refractivity contribution is 7.91. The van der Waals surface area contributed by atoms with Crippen LogP contribution in [0.2, 0.25) is 0 Å². The first kappa shape index (κ1) is 15.4. The van der Waals surface area contributed by atoms with E-state index >= 15 is 0 Å². The SMILES string of the molecule is Cc1ccc(S(=O)(=O)CC2(O)CCCC(O)C2O)cc1. The number of benzene rings is 1. The molecular formula is C14H20O5S. The first-order valence-electron chi connectivity index (χ1n) is 6.62. The van der Waals surface area contributed by atoms with E-state index in [9.17, 15) is 23.7 Å². The monoisotopic (exact) mass is 300 g/mol. The Hall–Kier alpha value is -0.950. The highest BCUT2D eigenvalue weighted by atomic mass is 32.2. The highest BCUT2D eigenvalue weighted by Gasteiger charge is 2.46. The standard InChI is InChI=1S/C14H20O5S/c1-10-4-6-11(7-5-10)20(18,19)9-14(17)8-2-3-12(15)13(14)16/h4-7,12-13,15-17H,2-3,8-9H2,1H3. The second kappa shape index (κ2) is 5.44. The summed E-state index contributed by atoms with van der Waals surface area (Å²) in [4.78, 5) is 0.115. The van der Waals surface area contributed by atoms with Gasteiger partial charge in [0.15, 0.2) is 9.84 Å². The van der Waals surface area contributed by atoms with E-state index in [0.717, 1.165) is 5.56 Å². The van der Waals surface area contributed by atoms with Crippen molar-refractivity contribution in [2.45, 2.75) is 48.9 Å². The molecule has 1 aromatic rings. The zero-order valence-corrected chi connectivity index (χ0v) is 12.2. The molecule has 0 saturated heterocycles. The fourth-order valence-electron chi connectivity index (χ4n) is 2.60. The summed E-state index contributed by atoms with van der Waals surface area (Å²) in [5, 5.41) is 29.9. The fraction of sp³-hybridized carbons (Fsp3) is 0.571. The minimum absolute atomic E-state index is 0.115. The van der Waals surface area contributed by atoms with Gasteiger partial charge in [-0.2, -0.15) is 0 Å². The minimum Gasteiger partial charge on any atom is -0.390 e. The molecule has 0 amide bonds. The second-order valence-electron chi connectivity index (χ2n) is 5.58. The van der Waals surface area contributed by atoms with Crippen LogP contribution < -0.4 is 0 Å². The normalized spacial score (nSPS) is 31.2. The first-order chi connectivity index (χ1) is 9.24. The molecular weight excluding hydrogens is 280 g/mol. The summed E-state index contributed by atoms with van der Waals surface area (Å²) in [6.07, 6.45) is -1.50. The predicted molar refractivity (Wildman–Crippen MR) is 74.0 cm³/mol. The van der Waals surface area contributed by atoms with Crippen LogP contribution in [0.5, 0.6) is 0 Å². The summed E-state index contributed by atoms with van der Waals surface area (Å²) >= 11 is 0. The summed E-state index contributed by atoms with van der Waals surface area (Å²) in [6, 6.07) is 6.34. The molecule has 3 unspecified atom stereocenters. The maximum Gasteiger partial charge on any atom is 0.181 e. The van der Waals surface area contributed by atoms with Crippen molar-refractivity contribution < 1.29 is 23.7 Å². The number of aliphatic hydroxyl groups is 3. The third kappa shape index (κ3) is 3.03. The van der Waals surface area contributed by atoms with E-state index < -0.39 is 33.4 Å². The van der Waals surface area contributed by atoms with Crippen molar-refractivity contribution >= 4 is 9.84 Å². The molecule has 1 saturated carbocycles. The van der Waals surface area contributed by atoms with Gasteiger partial charge in [-0.15, -0.1) is 0 Å². The molecule has 20 heavy (non-hydrogen) atoms. The summed E-state index contributed by atoms with van der Waals surface area (Å²) < 4.78 is 24.6. The van der Waals surface area contributed by atoms with Crippen LogP contribution in [0.1, 0.15) is 24.8 Å². The van der Waals surface area contributed by atoms with Crippen molar-refractivity contribution in [2.24, 2.45) is 0 Å². The Morgan fingerprint density at radius 3 is 2.45 bits per heavy atom. The van der Waals surface area contributed by atoms with Gasteiger partial charge in [-0.05, 0) is 38.3 Å². The molecule has 2 rings (SSSR count). The number of aliphatic hydroxyl groups excluding tert-OH is 2. The van der Waals surface area contributed by atoms with Crippen molar-refractivity contribution in [3.8, 4) is 0 Å². The van der Waals surface area contributed by atoms with E-state index in [-0.39, 0.29) is 11.3 Å². The van der Waals surface area contributed by atoms with Gasteiger partial charge >= 0.3 is 0 Å². The molecule has 0 bridgehead atoms. The molecule has 5 nitrogen and oxygen atoms in total. The van der Waals surface area contributed by atoms with E-state index in [1.807, 2.05) is 6.92 Å². The third-order valence-corrected chi connectivity index (χ3v) is 5.71. The Balaban J connectivity index is 2.25. The van der Waals surface area contributed by atoms with Crippen molar-refractivity contribution in [1.29, 1.82) is 0 Å². The Morgan fingerprint density at radius 2 is 1.85 bits per heavy atom. The Bertz CT molecular complexity index is 566. The fourth-order valence-corrected chi connectivity index (χ4v) is 4.29. The molecule has 0 spiro atoms. The lowest BCUT2D eigenvalue weighted by atomic mass is 9.82. The molecule has 0 aliphatic heterocycles. The van der Waals surface area contributed by atoms with Crippen LogP contribution in [0.15, 0.2) is 29.2 Å². The van der Waals surface area contributed by atoms with Gasteiger partial charge in [0.25, 0.3) is 0 Å². The van der Waals surface area contributed by atoms with Crippen LogP contribution in [0.25, 0.3) is 0 Å². The van der Waals surface area contributed by atoms with Gasteiger partial charge in [0.2, 0.25) is 0 Å². The highest BCUT2D eigenvalue weighted by Crippen LogP contribution is 2.31. The Kier molecular flexibility index (Phi) is 4.20. The quantitative estimate of drug-likeness (QED) is 0.751. The van der Waals surface area contributed by atoms with Gasteiger partial charge in [-0.3, -0.25) is 0 Å². The van der Waals surface area contributed by atoms with Gasteiger partial charge in [0, 0.05) is 0 Å². The number of aryl methyl sites for hydroxylation is 1. The van der Waals surface area contributed by atoms with Gasteiger partial charge in [0.05, 0.1) is 16.8 Å². The topological polar surface area (TPSA) is 94.8 Å². The molecule has 0 aromatic heterocycles. The minimum atomic E-state index is -3.71. The van der Waals surface area contributed by atoms with Gasteiger partial charge < -0.3 is 15.3 Å². The third-order valence-electron chi connectivity index (χ3n) is 3.84. The molecule has 3 N–H and O–H groups in total. The first-order valence-corrected chi connectivity index (χ1v) is 8.28. The largest absolute Gasteiger partial charge is 0.390 e. The number of hydrogen-bond acceptors (Lipinski definition) is 5. The molecule has 112 valence electrons. The lowest BCUT2D eigenvalue weighted by Crippen LogP contribution is -2.55. The van der Waals surface area contributed by atoms with Gasteiger partial charge in [0.1, 0.15) is 11.7 Å². The van der Waals surface area contributed by atoms with Crippen molar-refractivity contribution in [1.82, 2.24) is 0 Å². The molecule has 1 aromatic carbocycles. The molecule has 6 heteroatoms. The summed E-state index contributed by atoms with van der Waals surface area (Å²) in [6.45, 7) is 1.85. The Labute approximate surface area is 118 Å². The van der Waals surface area contributed by atoms with E-state index in [1.54, 1.807) is 12.1 Å². The van der Waals surface area contributed by atoms with E-state index in [4.69, 9.17) is 0 Å². The Morgan fingerprint density at radius 1 is 1.25 bits per heavy atom. The van der Waals surface area contributed by atoms with Crippen molar-refractivity contribution in [3.63, 3.8) is 0 Å². The number of hydrogen-bond donors (Lipinski definition) is 3. The predicted octanol–water partition coefficient (Wildman–Crippen LogP) is 0.406. The van der Waals surface area contributed by atoms with E-state index in [1.165, 1.54) is 12.1 Å². The smallest absolute Gasteiger partial charge is 0.181 e. The maximum absolute atomic E-state index is 12.3. The molecule has 0 heterocycles. The summed E-state index contributed by atoms with van der Waals surface area (Å²) in [5.41, 5.74) is -0.850. The van der Waals surface area contributed by atoms with Gasteiger partial charge in [-0.1, -0.05) is 17.7 Å². The van der Waals surface area contributed by atoms with Crippen LogP contribution in [0.3, 0.4) is 0 Å². The average Bonchev–Trinajstić information content (AvgIpc) is 2.36. The van der Waals surface area contributed by atoms with Crippen LogP contribution in [-0.4, -0.2) is 47.3 Å². The maximum atomic E-state index is 12.3. The zero-order chi connectivity index (χ0) is 15.0.